The number of nitrogens with two attached hydrogens (primary N) is 1. The number of rotatable bonds is 3. The van der Waals surface area contributed by atoms with Crippen molar-refractivity contribution in [3.63, 3.8) is 0 Å². The minimum Gasteiger partial charge on any atom is -0.330 e. The van der Waals surface area contributed by atoms with Crippen LogP contribution < -0.4 is 5.73 Å². The third kappa shape index (κ3) is 3.41. The number of benzene rings is 1. The van der Waals surface area contributed by atoms with Crippen molar-refractivity contribution in [2.75, 3.05) is 6.54 Å². The molecule has 0 amide bonds. The molecule has 0 bridgehead atoms. The molecule has 0 aliphatic heterocycles. The minimum absolute atomic E-state index is 0.0964. The van der Waals surface area contributed by atoms with Crippen LogP contribution in [0, 0.1) is 23.1 Å². The largest absolute Gasteiger partial charge is 0.330 e. The zero-order valence-electron chi connectivity index (χ0n) is 13.0. The number of hydrogen-bond acceptors (Lipinski definition) is 1. The van der Waals surface area contributed by atoms with E-state index >= 15 is 0 Å². The summed E-state index contributed by atoms with van der Waals surface area (Å²) in [6.07, 6.45) is 4.86. The van der Waals surface area contributed by atoms with Gasteiger partial charge in [-0.05, 0) is 61.1 Å². The van der Waals surface area contributed by atoms with Gasteiger partial charge in [-0.15, -0.1) is 0 Å². The third-order valence-electron chi connectivity index (χ3n) is 5.12. The highest BCUT2D eigenvalue weighted by molar-refractivity contribution is 5.23. The summed E-state index contributed by atoms with van der Waals surface area (Å²) in [4.78, 5) is 0. The van der Waals surface area contributed by atoms with Crippen LogP contribution in [0.2, 0.25) is 0 Å². The van der Waals surface area contributed by atoms with Crippen molar-refractivity contribution in [1.29, 1.82) is 0 Å². The van der Waals surface area contributed by atoms with Crippen LogP contribution in [-0.4, -0.2) is 6.54 Å². The highest BCUT2D eigenvalue weighted by Gasteiger charge is 2.33. The summed E-state index contributed by atoms with van der Waals surface area (Å²) in [5.74, 6) is 1.41. The Morgan fingerprint density at radius 1 is 1.15 bits per heavy atom. The van der Waals surface area contributed by atoms with Gasteiger partial charge < -0.3 is 5.73 Å². The SMILES string of the molecule is CC(C)(C)C1CCC(C(CN)c2ccccc2F)CC1. The summed E-state index contributed by atoms with van der Waals surface area (Å²) in [5.41, 5.74) is 7.16. The van der Waals surface area contributed by atoms with Crippen LogP contribution in [0.4, 0.5) is 4.39 Å². The van der Waals surface area contributed by atoms with Gasteiger partial charge in [0.05, 0.1) is 0 Å². The Kier molecular flexibility index (Phi) is 4.85. The van der Waals surface area contributed by atoms with Crippen molar-refractivity contribution in [2.24, 2.45) is 23.0 Å². The molecule has 1 aromatic carbocycles. The summed E-state index contributed by atoms with van der Waals surface area (Å²) < 4.78 is 14.0. The predicted molar refractivity (Wildman–Crippen MR) is 83.1 cm³/mol. The van der Waals surface area contributed by atoms with Gasteiger partial charge in [0.15, 0.2) is 0 Å². The molecule has 1 unspecified atom stereocenters. The second-order valence-corrected chi connectivity index (χ2v) is 7.34. The highest BCUT2D eigenvalue weighted by Crippen LogP contribution is 2.44. The summed E-state index contributed by atoms with van der Waals surface area (Å²) in [6, 6.07) is 7.13. The molecule has 1 saturated carbocycles. The van der Waals surface area contributed by atoms with Gasteiger partial charge in [0.25, 0.3) is 0 Å². The second kappa shape index (κ2) is 6.26. The van der Waals surface area contributed by atoms with E-state index in [1.54, 1.807) is 12.1 Å². The molecular formula is C18H28FN. The lowest BCUT2D eigenvalue weighted by atomic mass is 9.66. The van der Waals surface area contributed by atoms with Gasteiger partial charge in [-0.25, -0.2) is 4.39 Å². The van der Waals surface area contributed by atoms with E-state index < -0.39 is 0 Å². The molecule has 2 heteroatoms. The van der Waals surface area contributed by atoms with Crippen molar-refractivity contribution in [3.05, 3.63) is 35.6 Å². The van der Waals surface area contributed by atoms with Gasteiger partial charge in [0.2, 0.25) is 0 Å². The number of halogens is 1. The molecule has 0 radical (unpaired) electrons. The maximum absolute atomic E-state index is 14.0. The van der Waals surface area contributed by atoms with Crippen molar-refractivity contribution < 1.29 is 4.39 Å². The zero-order chi connectivity index (χ0) is 14.8. The fraction of sp³-hybridized carbons (Fsp3) is 0.667. The first-order valence-electron chi connectivity index (χ1n) is 7.88. The first kappa shape index (κ1) is 15.5. The Balaban J connectivity index is 2.06. The van der Waals surface area contributed by atoms with E-state index in [1.165, 1.54) is 25.7 Å². The summed E-state index contributed by atoms with van der Waals surface area (Å²) in [6.45, 7) is 7.53. The molecule has 0 spiro atoms. The number of hydrogen-bond donors (Lipinski definition) is 1. The topological polar surface area (TPSA) is 26.0 Å². The summed E-state index contributed by atoms with van der Waals surface area (Å²) >= 11 is 0. The van der Waals surface area contributed by atoms with E-state index in [0.717, 1.165) is 11.5 Å². The first-order chi connectivity index (χ1) is 9.43. The fourth-order valence-electron chi connectivity index (χ4n) is 3.74. The van der Waals surface area contributed by atoms with Crippen molar-refractivity contribution in [3.8, 4) is 0 Å². The molecule has 0 saturated heterocycles. The zero-order valence-corrected chi connectivity index (χ0v) is 13.0. The van der Waals surface area contributed by atoms with Crippen LogP contribution in [0.1, 0.15) is 57.9 Å². The van der Waals surface area contributed by atoms with E-state index in [0.29, 0.717) is 17.9 Å². The van der Waals surface area contributed by atoms with Crippen LogP contribution in [0.15, 0.2) is 24.3 Å². The van der Waals surface area contributed by atoms with Gasteiger partial charge in [-0.2, -0.15) is 0 Å². The normalized spacial score (nSPS) is 25.4. The Hall–Kier alpha value is -0.890. The molecule has 0 aromatic heterocycles. The Morgan fingerprint density at radius 3 is 2.25 bits per heavy atom. The Labute approximate surface area is 122 Å². The lowest BCUT2D eigenvalue weighted by molar-refractivity contribution is 0.139. The van der Waals surface area contributed by atoms with E-state index in [4.69, 9.17) is 5.73 Å². The molecule has 0 heterocycles. The van der Waals surface area contributed by atoms with Gasteiger partial charge in [0, 0.05) is 5.92 Å². The fourth-order valence-corrected chi connectivity index (χ4v) is 3.74. The van der Waals surface area contributed by atoms with Gasteiger partial charge >= 0.3 is 0 Å². The Bertz CT molecular complexity index is 427. The van der Waals surface area contributed by atoms with E-state index in [9.17, 15) is 4.39 Å². The van der Waals surface area contributed by atoms with Crippen molar-refractivity contribution >= 4 is 0 Å². The standard InChI is InChI=1S/C18H28FN/c1-18(2,3)14-10-8-13(9-11-14)16(12-20)15-6-4-5-7-17(15)19/h4-7,13-14,16H,8-12,20H2,1-3H3. The van der Waals surface area contributed by atoms with E-state index in [2.05, 4.69) is 20.8 Å². The van der Waals surface area contributed by atoms with E-state index in [-0.39, 0.29) is 11.7 Å². The highest BCUT2D eigenvalue weighted by atomic mass is 19.1. The summed E-state index contributed by atoms with van der Waals surface area (Å²) in [7, 11) is 0. The molecule has 1 fully saturated rings. The Morgan fingerprint density at radius 2 is 1.75 bits per heavy atom. The molecule has 1 aliphatic carbocycles. The minimum atomic E-state index is -0.0964. The van der Waals surface area contributed by atoms with Crippen molar-refractivity contribution in [1.82, 2.24) is 0 Å². The van der Waals surface area contributed by atoms with Crippen LogP contribution in [0.3, 0.4) is 0 Å². The second-order valence-electron chi connectivity index (χ2n) is 7.34. The van der Waals surface area contributed by atoms with Crippen LogP contribution in [-0.2, 0) is 0 Å². The quantitative estimate of drug-likeness (QED) is 0.850. The molecule has 20 heavy (non-hydrogen) atoms. The average molecular weight is 277 g/mol. The molecule has 1 nitrogen and oxygen atoms in total. The van der Waals surface area contributed by atoms with Gasteiger partial charge in [-0.1, -0.05) is 39.0 Å². The molecule has 1 aliphatic rings. The predicted octanol–water partition coefficient (Wildman–Crippen LogP) is 4.72. The van der Waals surface area contributed by atoms with Crippen LogP contribution in [0.5, 0.6) is 0 Å². The van der Waals surface area contributed by atoms with Gasteiger partial charge in [0.1, 0.15) is 5.82 Å². The first-order valence-corrected chi connectivity index (χ1v) is 7.88. The summed E-state index contributed by atoms with van der Waals surface area (Å²) in [5, 5.41) is 0. The molecule has 2 N–H and O–H groups in total. The lowest BCUT2D eigenvalue weighted by Crippen LogP contribution is -2.30. The molecule has 112 valence electrons. The smallest absolute Gasteiger partial charge is 0.126 e. The molecule has 1 aromatic rings. The maximum atomic E-state index is 14.0. The van der Waals surface area contributed by atoms with Crippen LogP contribution >= 0.6 is 0 Å². The monoisotopic (exact) mass is 277 g/mol. The van der Waals surface area contributed by atoms with Gasteiger partial charge in [-0.3, -0.25) is 0 Å². The van der Waals surface area contributed by atoms with Crippen molar-refractivity contribution in [2.45, 2.75) is 52.4 Å². The molecular weight excluding hydrogens is 249 g/mol. The molecule has 1 atom stereocenters. The van der Waals surface area contributed by atoms with Crippen LogP contribution in [0.25, 0.3) is 0 Å². The third-order valence-corrected chi connectivity index (χ3v) is 5.12. The average Bonchev–Trinajstić information content (AvgIpc) is 2.41. The lowest BCUT2D eigenvalue weighted by Gasteiger charge is -2.39. The molecule has 2 rings (SSSR count). The van der Waals surface area contributed by atoms with E-state index in [1.807, 2.05) is 12.1 Å². The maximum Gasteiger partial charge on any atom is 0.126 e.